The molecule has 206 valence electrons. The first kappa shape index (κ1) is 32.7. The topological polar surface area (TPSA) is 172 Å². The van der Waals surface area contributed by atoms with Crippen LogP contribution in [0.2, 0.25) is 0 Å². The van der Waals surface area contributed by atoms with Crippen molar-refractivity contribution in [2.24, 2.45) is 0 Å². The van der Waals surface area contributed by atoms with Crippen LogP contribution in [0.5, 0.6) is 0 Å². The van der Waals surface area contributed by atoms with E-state index in [4.69, 9.17) is 30.3 Å². The number of carbonyl (C=O) groups is 2. The Bertz CT molecular complexity index is 682. The number of hydrogen-bond acceptors (Lipinski definition) is 12. The van der Waals surface area contributed by atoms with Gasteiger partial charge in [0.15, 0.2) is 6.10 Å². The summed E-state index contributed by atoms with van der Waals surface area (Å²) in [6.07, 6.45) is -6.22. The third kappa shape index (κ3) is 11.7. The quantitative estimate of drug-likeness (QED) is 0.0683. The van der Waals surface area contributed by atoms with E-state index in [-0.39, 0.29) is 26.1 Å². The van der Waals surface area contributed by atoms with Gasteiger partial charge in [-0.05, 0) is 24.6 Å². The number of hydrogen-bond donors (Lipinski definition) is 6. The molecule has 0 amide bonds. The molecular formula is C21H39O11PS2. The van der Waals surface area contributed by atoms with E-state index in [1.165, 1.54) is 0 Å². The number of unbranched alkanes of at least 4 members (excludes halogenated alkanes) is 4. The molecule has 0 aromatic rings. The first-order chi connectivity index (χ1) is 16.4. The molecule has 1 aliphatic rings. The Kier molecular flexibility index (Phi) is 15.4. The van der Waals surface area contributed by atoms with Crippen molar-refractivity contribution in [3.8, 4) is 0 Å². The highest BCUT2D eigenvalue weighted by atomic mass is 32.9. The first-order valence-electron chi connectivity index (χ1n) is 11.8. The lowest BCUT2D eigenvalue weighted by Crippen LogP contribution is -2.64. The summed E-state index contributed by atoms with van der Waals surface area (Å²) in [5.74, 6) is -0.942. The smallest absolute Gasteiger partial charge is 0.306 e. The zero-order valence-electron chi connectivity index (χ0n) is 20.1. The Balaban J connectivity index is 2.74. The van der Waals surface area contributed by atoms with Crippen LogP contribution in [0.4, 0.5) is 0 Å². The predicted octanol–water partition coefficient (Wildman–Crippen LogP) is 0.976. The number of rotatable bonds is 16. The summed E-state index contributed by atoms with van der Waals surface area (Å²) in [6.45, 7) is 3.38. The van der Waals surface area contributed by atoms with Crippen molar-refractivity contribution >= 4 is 41.7 Å². The zero-order chi connectivity index (χ0) is 26.6. The van der Waals surface area contributed by atoms with E-state index >= 15 is 0 Å². The summed E-state index contributed by atoms with van der Waals surface area (Å²) in [7, 11) is 0. The van der Waals surface area contributed by atoms with E-state index in [1.807, 2.05) is 13.8 Å². The molecule has 35 heavy (non-hydrogen) atoms. The van der Waals surface area contributed by atoms with Crippen LogP contribution >= 0.6 is 17.9 Å². The molecule has 0 bridgehead atoms. The highest BCUT2D eigenvalue weighted by Gasteiger charge is 2.50. The Morgan fingerprint density at radius 2 is 1.31 bits per heavy atom. The maximum absolute atomic E-state index is 12.2. The number of carbonyl (C=O) groups excluding carboxylic acids is 2. The molecule has 1 aliphatic carbocycles. The lowest BCUT2D eigenvalue weighted by Gasteiger charge is -2.42. The minimum atomic E-state index is -3.53. The molecule has 0 aromatic heterocycles. The Labute approximate surface area is 216 Å². The Morgan fingerprint density at radius 3 is 1.83 bits per heavy atom. The minimum absolute atomic E-state index is 0.179. The van der Waals surface area contributed by atoms with Crippen molar-refractivity contribution in [3.05, 3.63) is 0 Å². The van der Waals surface area contributed by atoms with Gasteiger partial charge in [0.25, 0.3) is 0 Å². The second-order valence-corrected chi connectivity index (χ2v) is 13.7. The molecule has 1 saturated carbocycles. The van der Waals surface area contributed by atoms with E-state index < -0.39 is 60.4 Å². The monoisotopic (exact) mass is 562 g/mol. The van der Waals surface area contributed by atoms with E-state index in [9.17, 15) is 35.1 Å². The molecule has 0 spiro atoms. The SMILES string of the molecule is CCCCCC(=O)OCC(COP(=S)(S)OC1[C@H](O)[C@H](O)C(O)[C@H](O)[C@H]1O)OC(=O)CCCCC. The molecule has 1 rings (SSSR count). The lowest BCUT2D eigenvalue weighted by molar-refractivity contribution is -0.216. The van der Waals surface area contributed by atoms with E-state index in [0.29, 0.717) is 12.8 Å². The van der Waals surface area contributed by atoms with Gasteiger partial charge in [-0.3, -0.25) is 9.59 Å². The summed E-state index contributed by atoms with van der Waals surface area (Å²) >= 11 is 9.34. The van der Waals surface area contributed by atoms with Crippen LogP contribution in [0.1, 0.15) is 65.2 Å². The summed E-state index contributed by atoms with van der Waals surface area (Å²) < 4.78 is 21.5. The fourth-order valence-electron chi connectivity index (χ4n) is 3.34. The van der Waals surface area contributed by atoms with Crippen LogP contribution in [0.25, 0.3) is 0 Å². The zero-order valence-corrected chi connectivity index (χ0v) is 22.7. The normalized spacial score (nSPS) is 29.3. The molecule has 0 radical (unpaired) electrons. The van der Waals surface area contributed by atoms with Crippen LogP contribution in [-0.2, 0) is 39.9 Å². The second-order valence-electron chi connectivity index (χ2n) is 8.50. The molecule has 0 heterocycles. The number of thiol groups is 1. The van der Waals surface area contributed by atoms with Gasteiger partial charge in [0, 0.05) is 12.8 Å². The van der Waals surface area contributed by atoms with Crippen molar-refractivity contribution in [2.75, 3.05) is 13.2 Å². The van der Waals surface area contributed by atoms with Crippen molar-refractivity contribution in [2.45, 2.75) is 108 Å². The van der Waals surface area contributed by atoms with Gasteiger partial charge in [0.1, 0.15) is 43.2 Å². The summed E-state index contributed by atoms with van der Waals surface area (Å²) in [4.78, 5) is 24.1. The standard InChI is InChI=1S/C21H39O11PS2/c1-3-5-7-9-14(22)29-11-13(31-15(23)10-8-6-4-2)12-30-33(34,35)32-21-19(27)17(25)16(24)18(26)20(21)28/h13,16-21,24-28H,3-12H2,1-2H3,(H,34,35)/t13?,16?,17-,18+,19-,20-,21?/m1/s1. The van der Waals surface area contributed by atoms with Crippen molar-refractivity contribution in [1.29, 1.82) is 0 Å². The molecular weight excluding hydrogens is 523 g/mol. The second kappa shape index (κ2) is 16.5. The maximum atomic E-state index is 12.2. The van der Waals surface area contributed by atoms with Crippen LogP contribution in [-0.4, -0.2) is 93.4 Å². The molecule has 5 N–H and O–H groups in total. The fourth-order valence-corrected chi connectivity index (χ4v) is 5.32. The van der Waals surface area contributed by atoms with Crippen molar-refractivity contribution in [3.63, 3.8) is 0 Å². The third-order valence-electron chi connectivity index (χ3n) is 5.45. The maximum Gasteiger partial charge on any atom is 0.306 e. The predicted molar refractivity (Wildman–Crippen MR) is 133 cm³/mol. The average Bonchev–Trinajstić information content (AvgIpc) is 2.81. The largest absolute Gasteiger partial charge is 0.462 e. The van der Waals surface area contributed by atoms with Gasteiger partial charge in [-0.1, -0.05) is 51.8 Å². The van der Waals surface area contributed by atoms with Crippen LogP contribution in [0.15, 0.2) is 0 Å². The molecule has 11 nitrogen and oxygen atoms in total. The Morgan fingerprint density at radius 1 is 0.829 bits per heavy atom. The van der Waals surface area contributed by atoms with Crippen LogP contribution in [0.3, 0.4) is 0 Å². The number of aliphatic hydroxyl groups is 5. The van der Waals surface area contributed by atoms with Gasteiger partial charge in [0.05, 0.1) is 6.61 Å². The molecule has 1 fully saturated rings. The average molecular weight is 563 g/mol. The molecule has 8 atom stereocenters. The van der Waals surface area contributed by atoms with Gasteiger partial charge >= 0.3 is 11.9 Å². The summed E-state index contributed by atoms with van der Waals surface area (Å²) in [5.41, 5.74) is -3.53. The fraction of sp³-hybridized carbons (Fsp3) is 0.905. The molecule has 0 saturated heterocycles. The number of ether oxygens (including phenoxy) is 2. The highest BCUT2D eigenvalue weighted by Crippen LogP contribution is 2.55. The number of aliphatic hydroxyl groups excluding tert-OH is 5. The van der Waals surface area contributed by atoms with E-state index in [1.54, 1.807) is 0 Å². The van der Waals surface area contributed by atoms with Gasteiger partial charge in [0.2, 0.25) is 5.69 Å². The summed E-state index contributed by atoms with van der Waals surface area (Å²) in [5, 5.41) is 49.7. The van der Waals surface area contributed by atoms with Gasteiger partial charge in [-0.15, -0.1) is 0 Å². The molecule has 0 aromatic carbocycles. The van der Waals surface area contributed by atoms with Crippen molar-refractivity contribution < 1.29 is 53.6 Å². The van der Waals surface area contributed by atoms with E-state index in [2.05, 4.69) is 12.2 Å². The van der Waals surface area contributed by atoms with Gasteiger partial charge in [-0.2, -0.15) is 0 Å². The van der Waals surface area contributed by atoms with E-state index in [0.717, 1.165) is 25.7 Å². The van der Waals surface area contributed by atoms with Gasteiger partial charge in [-0.25, -0.2) is 0 Å². The molecule has 14 heteroatoms. The van der Waals surface area contributed by atoms with Gasteiger partial charge < -0.3 is 44.1 Å². The number of esters is 2. The molecule has 0 aliphatic heterocycles. The highest BCUT2D eigenvalue weighted by molar-refractivity contribution is 8.60. The van der Waals surface area contributed by atoms with Crippen LogP contribution < -0.4 is 0 Å². The third-order valence-corrected chi connectivity index (χ3v) is 7.64. The molecule has 4 unspecified atom stereocenters. The van der Waals surface area contributed by atoms with Crippen molar-refractivity contribution in [1.82, 2.24) is 0 Å². The minimum Gasteiger partial charge on any atom is -0.462 e. The van der Waals surface area contributed by atoms with Crippen LogP contribution in [0, 0.1) is 0 Å². The Hall–Kier alpha value is -0.340. The lowest BCUT2D eigenvalue weighted by atomic mass is 9.85. The summed E-state index contributed by atoms with van der Waals surface area (Å²) in [6, 6.07) is 0. The first-order valence-corrected chi connectivity index (χ1v) is 15.6.